The van der Waals surface area contributed by atoms with Crippen LogP contribution in [0.3, 0.4) is 0 Å². The van der Waals surface area contributed by atoms with Gasteiger partial charge in [-0.3, -0.25) is 0 Å². The number of rotatable bonds is 2. The van der Waals surface area contributed by atoms with Gasteiger partial charge in [-0.05, 0) is 58.5 Å². The molecule has 0 N–H and O–H groups in total. The normalized spacial score (nSPS) is 27.4. The Balaban J connectivity index is 1.35. The van der Waals surface area contributed by atoms with Gasteiger partial charge in [0, 0.05) is 24.8 Å². The van der Waals surface area contributed by atoms with E-state index in [0.717, 1.165) is 41.6 Å². The highest BCUT2D eigenvalue weighted by Gasteiger charge is 2.52. The van der Waals surface area contributed by atoms with Gasteiger partial charge in [0.2, 0.25) is 0 Å². The topological polar surface area (TPSA) is 24.8 Å². The van der Waals surface area contributed by atoms with Crippen LogP contribution in [0.4, 0.5) is 0 Å². The number of thiophene rings is 1. The summed E-state index contributed by atoms with van der Waals surface area (Å²) in [5, 5.41) is 7.50. The van der Waals surface area contributed by atoms with E-state index in [1.54, 1.807) is 11.3 Å². The van der Waals surface area contributed by atoms with Gasteiger partial charge in [0.15, 0.2) is 5.72 Å². The molecule has 1 saturated carbocycles. The minimum atomic E-state index is -0.333. The third-order valence-electron chi connectivity index (χ3n) is 6.80. The number of ether oxygens (including phenoxy) is 1. The molecule has 1 aromatic heterocycles. The van der Waals surface area contributed by atoms with Crippen LogP contribution in [0.2, 0.25) is 0 Å². The minimum Gasteiger partial charge on any atom is -0.466 e. The first-order chi connectivity index (χ1) is 14.7. The number of hydrazone groups is 1. The molecule has 152 valence electrons. The summed E-state index contributed by atoms with van der Waals surface area (Å²) in [6, 6.07) is 24.0. The number of nitrogens with zero attached hydrogens (tertiary/aromatic N) is 2. The van der Waals surface area contributed by atoms with Crippen LogP contribution in [0, 0.1) is 0 Å². The van der Waals surface area contributed by atoms with Crippen molar-refractivity contribution in [2.24, 2.45) is 5.10 Å². The molecule has 1 atom stereocenters. The Labute approximate surface area is 189 Å². The summed E-state index contributed by atoms with van der Waals surface area (Å²) < 4.78 is 7.91. The molecule has 30 heavy (non-hydrogen) atoms. The molecule has 0 unspecified atom stereocenters. The fraction of sp³-hybridized carbons (Fsp3) is 0.320. The first-order valence-electron chi connectivity index (χ1n) is 10.7. The summed E-state index contributed by atoms with van der Waals surface area (Å²) in [6.45, 7) is 0. The Morgan fingerprint density at radius 3 is 2.50 bits per heavy atom. The lowest BCUT2D eigenvalue weighted by molar-refractivity contribution is -0.142. The molecule has 2 aliphatic heterocycles. The number of halogens is 1. The molecule has 1 aliphatic carbocycles. The second kappa shape index (κ2) is 7.24. The number of hydrogen-bond donors (Lipinski definition) is 0. The Morgan fingerprint density at radius 1 is 0.967 bits per heavy atom. The maximum Gasteiger partial charge on any atom is 0.198 e. The van der Waals surface area contributed by atoms with Gasteiger partial charge >= 0.3 is 0 Å². The van der Waals surface area contributed by atoms with Gasteiger partial charge in [0.05, 0.1) is 20.4 Å². The monoisotopic (exact) mass is 478 g/mol. The molecule has 3 heterocycles. The average molecular weight is 479 g/mol. The molecule has 1 fully saturated rings. The van der Waals surface area contributed by atoms with Crippen molar-refractivity contribution in [3.8, 4) is 5.75 Å². The maximum absolute atomic E-state index is 6.76. The predicted octanol–water partition coefficient (Wildman–Crippen LogP) is 7.11. The lowest BCUT2D eigenvalue weighted by Crippen LogP contribution is -2.55. The van der Waals surface area contributed by atoms with Crippen LogP contribution in [0.15, 0.2) is 75.6 Å². The predicted molar refractivity (Wildman–Crippen MR) is 125 cm³/mol. The van der Waals surface area contributed by atoms with Crippen LogP contribution in [-0.2, 0) is 0 Å². The summed E-state index contributed by atoms with van der Waals surface area (Å²) in [5.41, 5.74) is 3.57. The lowest BCUT2D eigenvalue weighted by atomic mass is 9.78. The van der Waals surface area contributed by atoms with Gasteiger partial charge in [0.1, 0.15) is 5.75 Å². The third-order valence-corrected chi connectivity index (χ3v) is 8.47. The van der Waals surface area contributed by atoms with Gasteiger partial charge in [-0.2, -0.15) is 5.10 Å². The van der Waals surface area contributed by atoms with Crippen molar-refractivity contribution >= 4 is 33.0 Å². The maximum atomic E-state index is 6.76. The molecule has 2 aromatic carbocycles. The van der Waals surface area contributed by atoms with Crippen LogP contribution >= 0.6 is 27.3 Å². The van der Waals surface area contributed by atoms with Crippen molar-refractivity contribution in [1.29, 1.82) is 0 Å². The molecule has 0 amide bonds. The number of hydrogen-bond acceptors (Lipinski definition) is 4. The molecule has 1 spiro atoms. The Kier molecular flexibility index (Phi) is 4.50. The van der Waals surface area contributed by atoms with Crippen molar-refractivity contribution < 1.29 is 4.74 Å². The quantitative estimate of drug-likeness (QED) is 0.391. The van der Waals surface area contributed by atoms with Crippen LogP contribution in [0.25, 0.3) is 0 Å². The fourth-order valence-electron chi connectivity index (χ4n) is 5.31. The smallest absolute Gasteiger partial charge is 0.198 e. The molecule has 0 saturated heterocycles. The molecule has 0 radical (unpaired) electrons. The van der Waals surface area contributed by atoms with Gasteiger partial charge in [-0.25, -0.2) is 5.01 Å². The summed E-state index contributed by atoms with van der Waals surface area (Å²) >= 11 is 5.37. The van der Waals surface area contributed by atoms with Crippen molar-refractivity contribution in [2.75, 3.05) is 0 Å². The second-order valence-corrected chi connectivity index (χ2v) is 10.9. The summed E-state index contributed by atoms with van der Waals surface area (Å²) in [6.07, 6.45) is 5.21. The summed E-state index contributed by atoms with van der Waals surface area (Å²) in [4.78, 5) is 1.25. The molecule has 3 nitrogen and oxygen atoms in total. The van der Waals surface area contributed by atoms with Gasteiger partial charge in [-0.15, -0.1) is 11.3 Å². The van der Waals surface area contributed by atoms with Crippen molar-refractivity contribution in [3.05, 3.63) is 86.5 Å². The van der Waals surface area contributed by atoms with E-state index < -0.39 is 0 Å². The molecular weight excluding hydrogens is 456 g/mol. The van der Waals surface area contributed by atoms with E-state index in [1.165, 1.54) is 21.7 Å². The Hall–Kier alpha value is -2.11. The van der Waals surface area contributed by atoms with Crippen LogP contribution < -0.4 is 4.74 Å². The zero-order valence-corrected chi connectivity index (χ0v) is 19.0. The second-order valence-electron chi connectivity index (χ2n) is 8.49. The highest BCUT2D eigenvalue weighted by atomic mass is 79.9. The van der Waals surface area contributed by atoms with Crippen LogP contribution in [-0.4, -0.2) is 16.4 Å². The van der Waals surface area contributed by atoms with E-state index in [4.69, 9.17) is 9.84 Å². The fourth-order valence-corrected chi connectivity index (χ4v) is 6.68. The van der Waals surface area contributed by atoms with Crippen LogP contribution in [0.1, 0.15) is 60.1 Å². The van der Waals surface area contributed by atoms with E-state index in [1.807, 2.05) is 0 Å². The first-order valence-corrected chi connectivity index (χ1v) is 12.3. The minimum absolute atomic E-state index is 0.263. The van der Waals surface area contributed by atoms with E-state index >= 15 is 0 Å². The van der Waals surface area contributed by atoms with Gasteiger partial charge in [-0.1, -0.05) is 48.5 Å². The SMILES string of the molecule is Brc1ccc(C2=NN3[C@@H](C2)c2ccccc2OC32CCC(c3ccccc3)CC2)s1. The van der Waals surface area contributed by atoms with E-state index in [2.05, 4.69) is 87.7 Å². The molecule has 0 bridgehead atoms. The third kappa shape index (κ3) is 3.02. The Morgan fingerprint density at radius 2 is 1.73 bits per heavy atom. The first kappa shape index (κ1) is 18.6. The van der Waals surface area contributed by atoms with Gasteiger partial charge < -0.3 is 4.74 Å². The number of benzene rings is 2. The molecule has 3 aliphatic rings. The average Bonchev–Trinajstić information content (AvgIpc) is 3.42. The van der Waals surface area contributed by atoms with Crippen LogP contribution in [0.5, 0.6) is 5.75 Å². The summed E-state index contributed by atoms with van der Waals surface area (Å²) in [5.74, 6) is 1.65. The van der Waals surface area contributed by atoms with Gasteiger partial charge in [0.25, 0.3) is 0 Å². The molecule has 6 rings (SSSR count). The van der Waals surface area contributed by atoms with Crippen molar-refractivity contribution in [3.63, 3.8) is 0 Å². The summed E-state index contributed by atoms with van der Waals surface area (Å²) in [7, 11) is 0. The highest BCUT2D eigenvalue weighted by molar-refractivity contribution is 9.11. The largest absolute Gasteiger partial charge is 0.466 e. The standard InChI is InChI=1S/C25H23BrN2OS/c26-24-11-10-23(30-24)20-16-21-19-8-4-5-9-22(19)29-25(28(21)27-20)14-12-18(13-15-25)17-6-2-1-3-7-17/h1-11,18,21H,12-16H2/t18?,21-,25?/m0/s1. The van der Waals surface area contributed by atoms with Crippen molar-refractivity contribution in [1.82, 2.24) is 5.01 Å². The number of fused-ring (bicyclic) bond motifs is 4. The molecular formula is C25H23BrN2OS. The van der Waals surface area contributed by atoms with E-state index in [-0.39, 0.29) is 11.8 Å². The zero-order chi connectivity index (χ0) is 20.1. The number of para-hydroxylation sites is 1. The van der Waals surface area contributed by atoms with Crippen molar-refractivity contribution in [2.45, 2.75) is 49.8 Å². The highest BCUT2D eigenvalue weighted by Crippen LogP contribution is 2.53. The zero-order valence-electron chi connectivity index (χ0n) is 16.6. The Bertz CT molecular complexity index is 1100. The van der Waals surface area contributed by atoms with E-state index in [0.29, 0.717) is 5.92 Å². The lowest BCUT2D eigenvalue weighted by Gasteiger charge is -2.50. The molecule has 5 heteroatoms. The molecule has 3 aromatic rings. The van der Waals surface area contributed by atoms with E-state index in [9.17, 15) is 0 Å².